The first-order valence-electron chi connectivity index (χ1n) is 11.1. The van der Waals surface area contributed by atoms with Crippen LogP contribution in [-0.2, 0) is 10.3 Å². The first-order valence-corrected chi connectivity index (χ1v) is 11.1. The van der Waals surface area contributed by atoms with Crippen LogP contribution in [0.4, 0.5) is 0 Å². The standard InChI is InChI=1S/C27H32N2O/c1-2-20-30-26-18-19-28-21-25(26)29-27(22-12-6-3-7-13-22,23-14-8-4-9-15-23)24-16-10-5-11-17-24/h3-17,25-26,28-29H,2,18-21H2,1H3/t25-,26+/m0/s1. The molecule has 0 amide bonds. The largest absolute Gasteiger partial charge is 0.377 e. The summed E-state index contributed by atoms with van der Waals surface area (Å²) >= 11 is 0. The van der Waals surface area contributed by atoms with Gasteiger partial charge in [0, 0.05) is 19.2 Å². The predicted octanol–water partition coefficient (Wildman–Crippen LogP) is 4.73. The highest BCUT2D eigenvalue weighted by molar-refractivity contribution is 5.49. The van der Waals surface area contributed by atoms with Gasteiger partial charge in [0.25, 0.3) is 0 Å². The highest BCUT2D eigenvalue weighted by Gasteiger charge is 2.40. The summed E-state index contributed by atoms with van der Waals surface area (Å²) < 4.78 is 6.30. The molecule has 1 heterocycles. The first kappa shape index (κ1) is 20.8. The van der Waals surface area contributed by atoms with Crippen molar-refractivity contribution in [2.45, 2.75) is 37.5 Å². The average molecular weight is 401 g/mol. The smallest absolute Gasteiger partial charge is 0.0951 e. The van der Waals surface area contributed by atoms with Crippen LogP contribution in [0.2, 0.25) is 0 Å². The zero-order valence-electron chi connectivity index (χ0n) is 17.8. The molecule has 1 aliphatic rings. The minimum absolute atomic E-state index is 0.196. The molecule has 4 rings (SSSR count). The molecule has 1 saturated heterocycles. The summed E-state index contributed by atoms with van der Waals surface area (Å²) in [5, 5.41) is 7.67. The highest BCUT2D eigenvalue weighted by atomic mass is 16.5. The van der Waals surface area contributed by atoms with Gasteiger partial charge in [0.1, 0.15) is 0 Å². The second-order valence-electron chi connectivity index (χ2n) is 8.00. The Labute approximate surface area is 180 Å². The van der Waals surface area contributed by atoms with Gasteiger partial charge in [-0.2, -0.15) is 0 Å². The molecule has 156 valence electrons. The number of piperidine rings is 1. The van der Waals surface area contributed by atoms with Gasteiger partial charge in [0.2, 0.25) is 0 Å². The lowest BCUT2D eigenvalue weighted by Crippen LogP contribution is -2.60. The normalized spacial score (nSPS) is 19.5. The van der Waals surface area contributed by atoms with Crippen LogP contribution >= 0.6 is 0 Å². The predicted molar refractivity (Wildman–Crippen MR) is 124 cm³/mol. The number of hydrogen-bond acceptors (Lipinski definition) is 3. The maximum absolute atomic E-state index is 6.30. The molecule has 0 aromatic heterocycles. The van der Waals surface area contributed by atoms with Crippen LogP contribution in [-0.4, -0.2) is 31.8 Å². The minimum Gasteiger partial charge on any atom is -0.377 e. The Hall–Kier alpha value is -2.46. The molecule has 1 aliphatic heterocycles. The van der Waals surface area contributed by atoms with Crippen molar-refractivity contribution in [2.75, 3.05) is 19.7 Å². The molecule has 1 fully saturated rings. The van der Waals surface area contributed by atoms with Gasteiger partial charge in [0.05, 0.1) is 11.6 Å². The van der Waals surface area contributed by atoms with Gasteiger partial charge in [0.15, 0.2) is 0 Å². The van der Waals surface area contributed by atoms with Crippen molar-refractivity contribution in [3.8, 4) is 0 Å². The van der Waals surface area contributed by atoms with Crippen molar-refractivity contribution in [3.05, 3.63) is 108 Å². The molecular formula is C27H32N2O. The number of rotatable bonds is 8. The van der Waals surface area contributed by atoms with E-state index in [0.29, 0.717) is 0 Å². The molecule has 0 saturated carbocycles. The third-order valence-electron chi connectivity index (χ3n) is 5.98. The number of benzene rings is 3. The topological polar surface area (TPSA) is 33.3 Å². The quantitative estimate of drug-likeness (QED) is 0.537. The lowest BCUT2D eigenvalue weighted by Gasteiger charge is -2.43. The van der Waals surface area contributed by atoms with Gasteiger partial charge < -0.3 is 10.1 Å². The molecule has 0 bridgehead atoms. The highest BCUT2D eigenvalue weighted by Crippen LogP contribution is 2.37. The molecule has 3 aromatic rings. The van der Waals surface area contributed by atoms with Crippen LogP contribution in [0.1, 0.15) is 36.5 Å². The first-order chi connectivity index (χ1) is 14.8. The summed E-state index contributed by atoms with van der Waals surface area (Å²) in [5.74, 6) is 0. The molecule has 0 radical (unpaired) electrons. The third-order valence-corrected chi connectivity index (χ3v) is 5.98. The summed E-state index contributed by atoms with van der Waals surface area (Å²) in [6, 6.07) is 32.6. The van der Waals surface area contributed by atoms with Gasteiger partial charge >= 0.3 is 0 Å². The monoisotopic (exact) mass is 400 g/mol. The van der Waals surface area contributed by atoms with Crippen molar-refractivity contribution in [1.82, 2.24) is 10.6 Å². The van der Waals surface area contributed by atoms with E-state index < -0.39 is 5.54 Å². The van der Waals surface area contributed by atoms with E-state index >= 15 is 0 Å². The molecule has 0 aliphatic carbocycles. The van der Waals surface area contributed by atoms with E-state index in [1.807, 2.05) is 0 Å². The van der Waals surface area contributed by atoms with Crippen LogP contribution in [0.25, 0.3) is 0 Å². The zero-order valence-corrected chi connectivity index (χ0v) is 17.8. The summed E-state index contributed by atoms with van der Waals surface area (Å²) in [4.78, 5) is 0. The lowest BCUT2D eigenvalue weighted by molar-refractivity contribution is 0.00559. The molecule has 2 N–H and O–H groups in total. The molecular weight excluding hydrogens is 368 g/mol. The maximum Gasteiger partial charge on any atom is 0.0951 e. The number of hydrogen-bond donors (Lipinski definition) is 2. The van der Waals surface area contributed by atoms with Crippen molar-refractivity contribution < 1.29 is 4.74 Å². The van der Waals surface area contributed by atoms with E-state index in [9.17, 15) is 0 Å². The Balaban J connectivity index is 1.84. The van der Waals surface area contributed by atoms with Crippen molar-refractivity contribution >= 4 is 0 Å². The fraction of sp³-hybridized carbons (Fsp3) is 0.333. The fourth-order valence-electron chi connectivity index (χ4n) is 4.54. The number of nitrogens with one attached hydrogen (secondary N) is 2. The summed E-state index contributed by atoms with van der Waals surface area (Å²) in [6.45, 7) is 4.87. The zero-order chi connectivity index (χ0) is 20.7. The van der Waals surface area contributed by atoms with Crippen LogP contribution in [0.15, 0.2) is 91.0 Å². The van der Waals surface area contributed by atoms with E-state index in [0.717, 1.165) is 32.5 Å². The SMILES string of the molecule is CCCO[C@@H]1CCNC[C@@H]1NC(c1ccccc1)(c1ccccc1)c1ccccc1. The van der Waals surface area contributed by atoms with Crippen LogP contribution < -0.4 is 10.6 Å². The van der Waals surface area contributed by atoms with Gasteiger partial charge in [-0.3, -0.25) is 5.32 Å². The van der Waals surface area contributed by atoms with Crippen LogP contribution in [0.5, 0.6) is 0 Å². The Morgan fingerprint density at radius 2 is 1.33 bits per heavy atom. The van der Waals surface area contributed by atoms with Crippen molar-refractivity contribution in [3.63, 3.8) is 0 Å². The fourth-order valence-corrected chi connectivity index (χ4v) is 4.54. The Bertz CT molecular complexity index is 786. The van der Waals surface area contributed by atoms with E-state index in [4.69, 9.17) is 4.74 Å². The van der Waals surface area contributed by atoms with E-state index in [-0.39, 0.29) is 12.1 Å². The van der Waals surface area contributed by atoms with Crippen molar-refractivity contribution in [2.24, 2.45) is 0 Å². The summed E-state index contributed by atoms with van der Waals surface area (Å²) in [6.07, 6.45) is 2.26. The Morgan fingerprint density at radius 1 is 0.833 bits per heavy atom. The molecule has 30 heavy (non-hydrogen) atoms. The van der Waals surface area contributed by atoms with E-state index in [1.54, 1.807) is 0 Å². The van der Waals surface area contributed by atoms with E-state index in [1.165, 1.54) is 16.7 Å². The van der Waals surface area contributed by atoms with E-state index in [2.05, 4.69) is 109 Å². The van der Waals surface area contributed by atoms with Gasteiger partial charge in [-0.15, -0.1) is 0 Å². The second-order valence-corrected chi connectivity index (χ2v) is 8.00. The summed E-state index contributed by atoms with van der Waals surface area (Å²) in [7, 11) is 0. The molecule has 3 nitrogen and oxygen atoms in total. The average Bonchev–Trinajstić information content (AvgIpc) is 2.83. The Morgan fingerprint density at radius 3 is 1.80 bits per heavy atom. The minimum atomic E-state index is -0.457. The summed E-state index contributed by atoms with van der Waals surface area (Å²) in [5.41, 5.74) is 3.26. The number of ether oxygens (including phenoxy) is 1. The third kappa shape index (κ3) is 4.34. The molecule has 3 aromatic carbocycles. The molecule has 0 unspecified atom stereocenters. The van der Waals surface area contributed by atoms with Gasteiger partial charge in [-0.25, -0.2) is 0 Å². The molecule has 2 atom stereocenters. The van der Waals surface area contributed by atoms with Crippen LogP contribution in [0.3, 0.4) is 0 Å². The lowest BCUT2D eigenvalue weighted by atomic mass is 9.76. The Kier molecular flexibility index (Phi) is 6.96. The van der Waals surface area contributed by atoms with Crippen molar-refractivity contribution in [1.29, 1.82) is 0 Å². The maximum atomic E-state index is 6.30. The molecule has 0 spiro atoms. The van der Waals surface area contributed by atoms with Gasteiger partial charge in [-0.05, 0) is 36.1 Å². The van der Waals surface area contributed by atoms with Crippen LogP contribution in [0, 0.1) is 0 Å². The van der Waals surface area contributed by atoms with Gasteiger partial charge in [-0.1, -0.05) is 97.9 Å². The second kappa shape index (κ2) is 10.0. The molecule has 3 heteroatoms.